The van der Waals surface area contributed by atoms with E-state index in [1.807, 2.05) is 24.5 Å². The van der Waals surface area contributed by atoms with E-state index in [0.29, 0.717) is 28.8 Å². The molecule has 0 bridgehead atoms. The lowest BCUT2D eigenvalue weighted by Crippen LogP contribution is -2.12. The Morgan fingerprint density at radius 2 is 1.76 bits per heavy atom. The molecule has 0 aliphatic rings. The molecule has 0 unspecified atom stereocenters. The lowest BCUT2D eigenvalue weighted by Gasteiger charge is -2.10. The zero-order valence-corrected chi connectivity index (χ0v) is 14.7. The third kappa shape index (κ3) is 3.42. The standard InChI is InChI=1S/C19H21N3O3/c1-12(2)22-11-20-17-9-14(5-6-18(17)22)21-19(23)13-7-15(24-3)10-16(8-13)25-4/h5-12H,1-4H3,(H,21,23). The zero-order chi connectivity index (χ0) is 18.0. The van der Waals surface area contributed by atoms with Crippen LogP contribution in [0.2, 0.25) is 0 Å². The van der Waals surface area contributed by atoms with Crippen LogP contribution in [0.4, 0.5) is 5.69 Å². The number of carbonyl (C=O) groups is 1. The van der Waals surface area contributed by atoms with E-state index >= 15 is 0 Å². The van der Waals surface area contributed by atoms with Crippen molar-refractivity contribution in [3.63, 3.8) is 0 Å². The Balaban J connectivity index is 1.87. The summed E-state index contributed by atoms with van der Waals surface area (Å²) in [6.07, 6.45) is 1.81. The predicted octanol–water partition coefficient (Wildman–Crippen LogP) is 3.89. The highest BCUT2D eigenvalue weighted by Crippen LogP contribution is 2.25. The van der Waals surface area contributed by atoms with Crippen molar-refractivity contribution in [2.75, 3.05) is 19.5 Å². The minimum absolute atomic E-state index is 0.236. The first kappa shape index (κ1) is 16.8. The van der Waals surface area contributed by atoms with Gasteiger partial charge in [-0.1, -0.05) is 0 Å². The fourth-order valence-electron chi connectivity index (χ4n) is 2.66. The molecule has 1 aromatic heterocycles. The number of amides is 1. The van der Waals surface area contributed by atoms with Gasteiger partial charge in [-0.05, 0) is 44.2 Å². The lowest BCUT2D eigenvalue weighted by atomic mass is 10.1. The molecule has 3 aromatic rings. The van der Waals surface area contributed by atoms with Gasteiger partial charge in [-0.25, -0.2) is 4.98 Å². The molecule has 0 radical (unpaired) electrons. The molecule has 0 aliphatic carbocycles. The van der Waals surface area contributed by atoms with Crippen molar-refractivity contribution in [3.05, 3.63) is 48.3 Å². The van der Waals surface area contributed by atoms with Gasteiger partial charge in [0, 0.05) is 23.4 Å². The Labute approximate surface area is 146 Å². The number of ether oxygens (including phenoxy) is 2. The van der Waals surface area contributed by atoms with Crippen LogP contribution in [0.1, 0.15) is 30.2 Å². The molecule has 2 aromatic carbocycles. The van der Waals surface area contributed by atoms with E-state index in [1.54, 1.807) is 32.4 Å². The summed E-state index contributed by atoms with van der Waals surface area (Å²) in [5.74, 6) is 0.895. The topological polar surface area (TPSA) is 65.4 Å². The van der Waals surface area contributed by atoms with E-state index in [2.05, 4.69) is 28.7 Å². The largest absolute Gasteiger partial charge is 0.497 e. The molecule has 0 fully saturated rings. The minimum Gasteiger partial charge on any atom is -0.497 e. The van der Waals surface area contributed by atoms with Crippen LogP contribution >= 0.6 is 0 Å². The summed E-state index contributed by atoms with van der Waals surface area (Å²) in [6.45, 7) is 4.21. The molecule has 6 nitrogen and oxygen atoms in total. The second-order valence-corrected chi connectivity index (χ2v) is 6.00. The minimum atomic E-state index is -0.236. The number of nitrogens with one attached hydrogen (secondary N) is 1. The number of benzene rings is 2. The van der Waals surface area contributed by atoms with Gasteiger partial charge in [0.05, 0.1) is 31.6 Å². The summed E-state index contributed by atoms with van der Waals surface area (Å²) < 4.78 is 12.5. The number of hydrogen-bond acceptors (Lipinski definition) is 4. The number of fused-ring (bicyclic) bond motifs is 1. The summed E-state index contributed by atoms with van der Waals surface area (Å²) in [4.78, 5) is 17.0. The third-order valence-electron chi connectivity index (χ3n) is 4.00. The molecule has 25 heavy (non-hydrogen) atoms. The smallest absolute Gasteiger partial charge is 0.255 e. The average molecular weight is 339 g/mol. The van der Waals surface area contributed by atoms with Gasteiger partial charge in [0.15, 0.2) is 0 Å². The van der Waals surface area contributed by atoms with E-state index in [1.165, 1.54) is 0 Å². The molecule has 1 amide bonds. The van der Waals surface area contributed by atoms with Gasteiger partial charge in [-0.2, -0.15) is 0 Å². The van der Waals surface area contributed by atoms with Crippen LogP contribution < -0.4 is 14.8 Å². The molecule has 0 saturated heterocycles. The van der Waals surface area contributed by atoms with Gasteiger partial charge in [-0.15, -0.1) is 0 Å². The Hall–Kier alpha value is -3.02. The van der Waals surface area contributed by atoms with Crippen molar-refractivity contribution in [2.24, 2.45) is 0 Å². The van der Waals surface area contributed by atoms with Crippen molar-refractivity contribution in [2.45, 2.75) is 19.9 Å². The van der Waals surface area contributed by atoms with Crippen molar-refractivity contribution in [1.29, 1.82) is 0 Å². The summed E-state index contributed by atoms with van der Waals surface area (Å²) in [7, 11) is 3.10. The van der Waals surface area contributed by atoms with E-state index in [-0.39, 0.29) is 5.91 Å². The summed E-state index contributed by atoms with van der Waals surface area (Å²) in [6, 6.07) is 11.1. The predicted molar refractivity (Wildman–Crippen MR) is 97.6 cm³/mol. The van der Waals surface area contributed by atoms with Gasteiger partial charge in [0.2, 0.25) is 0 Å². The van der Waals surface area contributed by atoms with Crippen molar-refractivity contribution < 1.29 is 14.3 Å². The molecule has 130 valence electrons. The number of hydrogen-bond donors (Lipinski definition) is 1. The molecule has 1 heterocycles. The van der Waals surface area contributed by atoms with Gasteiger partial charge < -0.3 is 19.4 Å². The molecule has 1 N–H and O–H groups in total. The summed E-state index contributed by atoms with van der Waals surface area (Å²) in [5, 5.41) is 2.89. The van der Waals surface area contributed by atoms with Crippen molar-refractivity contribution in [3.8, 4) is 11.5 Å². The number of methoxy groups -OCH3 is 2. The van der Waals surface area contributed by atoms with Crippen LogP contribution in [0.3, 0.4) is 0 Å². The van der Waals surface area contributed by atoms with E-state index in [9.17, 15) is 4.79 Å². The number of nitrogens with zero attached hydrogens (tertiary/aromatic N) is 2. The quantitative estimate of drug-likeness (QED) is 0.766. The normalized spacial score (nSPS) is 10.9. The highest BCUT2D eigenvalue weighted by Gasteiger charge is 2.12. The lowest BCUT2D eigenvalue weighted by molar-refractivity contribution is 0.102. The number of carbonyl (C=O) groups excluding carboxylic acids is 1. The number of imidazole rings is 1. The van der Waals surface area contributed by atoms with E-state index in [4.69, 9.17) is 9.47 Å². The summed E-state index contributed by atoms with van der Waals surface area (Å²) in [5.41, 5.74) is 3.03. The second-order valence-electron chi connectivity index (χ2n) is 6.00. The van der Waals surface area contributed by atoms with Crippen molar-refractivity contribution >= 4 is 22.6 Å². The van der Waals surface area contributed by atoms with Crippen LogP contribution in [0, 0.1) is 0 Å². The highest BCUT2D eigenvalue weighted by atomic mass is 16.5. The van der Waals surface area contributed by atoms with Gasteiger partial charge in [0.25, 0.3) is 5.91 Å². The Morgan fingerprint density at radius 1 is 1.08 bits per heavy atom. The van der Waals surface area contributed by atoms with Crippen LogP contribution in [-0.2, 0) is 0 Å². The monoisotopic (exact) mass is 339 g/mol. The Bertz CT molecular complexity index is 893. The first-order valence-corrected chi connectivity index (χ1v) is 8.03. The molecule has 3 rings (SSSR count). The van der Waals surface area contributed by atoms with Crippen LogP contribution in [0.15, 0.2) is 42.7 Å². The molecule has 0 atom stereocenters. The molecule has 6 heteroatoms. The van der Waals surface area contributed by atoms with Gasteiger partial charge >= 0.3 is 0 Å². The second kappa shape index (κ2) is 6.84. The maximum Gasteiger partial charge on any atom is 0.255 e. The fraction of sp³-hybridized carbons (Fsp3) is 0.263. The molecular weight excluding hydrogens is 318 g/mol. The summed E-state index contributed by atoms with van der Waals surface area (Å²) >= 11 is 0. The molecular formula is C19H21N3O3. The maximum atomic E-state index is 12.6. The van der Waals surface area contributed by atoms with Gasteiger partial charge in [0.1, 0.15) is 11.5 Å². The average Bonchev–Trinajstić information content (AvgIpc) is 3.04. The van der Waals surface area contributed by atoms with Crippen LogP contribution in [-0.4, -0.2) is 29.7 Å². The van der Waals surface area contributed by atoms with Gasteiger partial charge in [-0.3, -0.25) is 4.79 Å². The third-order valence-corrected chi connectivity index (χ3v) is 4.00. The molecule has 0 aliphatic heterocycles. The number of aromatic nitrogens is 2. The van der Waals surface area contributed by atoms with E-state index in [0.717, 1.165) is 11.0 Å². The first-order chi connectivity index (χ1) is 12.0. The fourth-order valence-corrected chi connectivity index (χ4v) is 2.66. The van der Waals surface area contributed by atoms with Crippen LogP contribution in [0.5, 0.6) is 11.5 Å². The highest BCUT2D eigenvalue weighted by molar-refractivity contribution is 6.05. The zero-order valence-electron chi connectivity index (χ0n) is 14.7. The van der Waals surface area contributed by atoms with E-state index < -0.39 is 0 Å². The number of anilines is 1. The SMILES string of the molecule is COc1cc(OC)cc(C(=O)Nc2ccc3c(c2)ncn3C(C)C)c1. The van der Waals surface area contributed by atoms with Crippen LogP contribution in [0.25, 0.3) is 11.0 Å². The Morgan fingerprint density at radius 3 is 2.36 bits per heavy atom. The first-order valence-electron chi connectivity index (χ1n) is 8.03. The molecule has 0 spiro atoms. The van der Waals surface area contributed by atoms with Crippen molar-refractivity contribution in [1.82, 2.24) is 9.55 Å². The maximum absolute atomic E-state index is 12.6. The molecule has 0 saturated carbocycles. The Kier molecular flexibility index (Phi) is 4.61. The number of rotatable bonds is 5.